The van der Waals surface area contributed by atoms with Crippen LogP contribution in [0.1, 0.15) is 23.3 Å². The van der Waals surface area contributed by atoms with Crippen molar-refractivity contribution >= 4 is 17.2 Å². The highest BCUT2D eigenvalue weighted by Crippen LogP contribution is 2.20. The first kappa shape index (κ1) is 18.1. The van der Waals surface area contributed by atoms with Crippen molar-refractivity contribution in [2.24, 2.45) is 11.7 Å². The molecule has 0 bridgehead atoms. The van der Waals surface area contributed by atoms with Crippen molar-refractivity contribution in [3.8, 4) is 0 Å². The Morgan fingerprint density at radius 2 is 1.96 bits per heavy atom. The molecule has 0 saturated carbocycles. The molecule has 5 heteroatoms. The van der Waals surface area contributed by atoms with E-state index >= 15 is 0 Å². The van der Waals surface area contributed by atoms with Crippen molar-refractivity contribution < 1.29 is 4.79 Å². The molecule has 1 unspecified atom stereocenters. The average molecular weight is 358 g/mol. The highest BCUT2D eigenvalue weighted by Gasteiger charge is 2.21. The first-order valence-corrected chi connectivity index (χ1v) is 9.90. The van der Waals surface area contributed by atoms with Crippen LogP contribution in [0, 0.1) is 5.92 Å². The number of carbonyl (C=O) groups is 1. The van der Waals surface area contributed by atoms with Gasteiger partial charge < -0.3 is 11.1 Å². The first-order valence-electron chi connectivity index (χ1n) is 9.02. The van der Waals surface area contributed by atoms with Gasteiger partial charge in [0, 0.05) is 18.0 Å². The normalized spacial score (nSPS) is 17.3. The molecule has 2 aromatic rings. The summed E-state index contributed by atoms with van der Waals surface area (Å²) in [6.07, 6.45) is 2.87. The van der Waals surface area contributed by atoms with Crippen molar-refractivity contribution in [3.05, 3.63) is 58.3 Å². The summed E-state index contributed by atoms with van der Waals surface area (Å²) in [6, 6.07) is 13.8. The molecule has 1 fully saturated rings. The molecule has 1 aliphatic heterocycles. The van der Waals surface area contributed by atoms with E-state index in [1.807, 2.05) is 41.7 Å². The molecule has 0 radical (unpaired) electrons. The zero-order chi connectivity index (χ0) is 17.5. The second-order valence-corrected chi connectivity index (χ2v) is 7.87. The fourth-order valence-corrected chi connectivity index (χ4v) is 4.05. The zero-order valence-electron chi connectivity index (χ0n) is 14.6. The van der Waals surface area contributed by atoms with Gasteiger partial charge in [-0.2, -0.15) is 0 Å². The maximum Gasteiger partial charge on any atom is 0.237 e. The second kappa shape index (κ2) is 9.13. The van der Waals surface area contributed by atoms with Gasteiger partial charge in [-0.05, 0) is 55.3 Å². The zero-order valence-corrected chi connectivity index (χ0v) is 15.4. The van der Waals surface area contributed by atoms with E-state index in [-0.39, 0.29) is 5.91 Å². The summed E-state index contributed by atoms with van der Waals surface area (Å²) in [6.45, 7) is 4.01. The van der Waals surface area contributed by atoms with Gasteiger partial charge in [0.2, 0.25) is 5.91 Å². The summed E-state index contributed by atoms with van der Waals surface area (Å²) in [7, 11) is 0. The SMILES string of the molecule is NC(Cc1ccccc1)C(=O)NCC1CCN(Cc2cccs2)CC1. The molecule has 4 nitrogen and oxygen atoms in total. The number of carbonyl (C=O) groups excluding carboxylic acids is 1. The lowest BCUT2D eigenvalue weighted by molar-refractivity contribution is -0.122. The molecular formula is C20H27N3OS. The maximum absolute atomic E-state index is 12.2. The van der Waals surface area contributed by atoms with E-state index in [2.05, 4.69) is 27.7 Å². The topological polar surface area (TPSA) is 58.4 Å². The van der Waals surface area contributed by atoms with E-state index in [4.69, 9.17) is 5.73 Å². The van der Waals surface area contributed by atoms with Gasteiger partial charge in [0.1, 0.15) is 0 Å². The Bertz CT molecular complexity index is 636. The molecule has 1 saturated heterocycles. The Morgan fingerprint density at radius 1 is 1.20 bits per heavy atom. The number of amides is 1. The molecule has 1 aliphatic rings. The molecule has 1 aromatic carbocycles. The predicted octanol–water partition coefficient (Wildman–Crippen LogP) is 2.65. The van der Waals surface area contributed by atoms with E-state index < -0.39 is 6.04 Å². The fourth-order valence-electron chi connectivity index (χ4n) is 3.31. The molecule has 0 spiro atoms. The number of hydrogen-bond acceptors (Lipinski definition) is 4. The van der Waals surface area contributed by atoms with Gasteiger partial charge in [0.25, 0.3) is 0 Å². The number of hydrogen-bond donors (Lipinski definition) is 2. The lowest BCUT2D eigenvalue weighted by Crippen LogP contribution is -2.45. The van der Waals surface area contributed by atoms with Gasteiger partial charge in [-0.15, -0.1) is 11.3 Å². The van der Waals surface area contributed by atoms with Crippen molar-refractivity contribution in [1.29, 1.82) is 0 Å². The smallest absolute Gasteiger partial charge is 0.237 e. The minimum absolute atomic E-state index is 0.0372. The van der Waals surface area contributed by atoms with E-state index in [1.165, 1.54) is 4.88 Å². The van der Waals surface area contributed by atoms with Crippen LogP contribution in [0.15, 0.2) is 47.8 Å². The molecule has 1 aromatic heterocycles. The summed E-state index contributed by atoms with van der Waals surface area (Å²) in [5.74, 6) is 0.525. The van der Waals surface area contributed by atoms with Crippen LogP contribution in [-0.4, -0.2) is 36.5 Å². The van der Waals surface area contributed by atoms with Gasteiger partial charge in [0.15, 0.2) is 0 Å². The Morgan fingerprint density at radius 3 is 2.64 bits per heavy atom. The molecular weight excluding hydrogens is 330 g/mol. The largest absolute Gasteiger partial charge is 0.354 e. The molecule has 134 valence electrons. The summed E-state index contributed by atoms with van der Waals surface area (Å²) < 4.78 is 0. The fraction of sp³-hybridized carbons (Fsp3) is 0.450. The van der Waals surface area contributed by atoms with Crippen molar-refractivity contribution in [2.75, 3.05) is 19.6 Å². The van der Waals surface area contributed by atoms with E-state index in [1.54, 1.807) is 0 Å². The van der Waals surface area contributed by atoms with Crippen LogP contribution < -0.4 is 11.1 Å². The van der Waals surface area contributed by atoms with Gasteiger partial charge in [-0.3, -0.25) is 9.69 Å². The third-order valence-corrected chi connectivity index (χ3v) is 5.73. The minimum atomic E-state index is -0.471. The number of thiophene rings is 1. The molecule has 3 rings (SSSR count). The Hall–Kier alpha value is -1.69. The maximum atomic E-state index is 12.2. The molecule has 3 N–H and O–H groups in total. The molecule has 0 aliphatic carbocycles. The Labute approximate surface area is 154 Å². The highest BCUT2D eigenvalue weighted by molar-refractivity contribution is 7.09. The van der Waals surface area contributed by atoms with Crippen LogP contribution in [0.5, 0.6) is 0 Å². The summed E-state index contributed by atoms with van der Waals surface area (Å²) in [5, 5.41) is 5.19. The monoisotopic (exact) mass is 357 g/mol. The minimum Gasteiger partial charge on any atom is -0.354 e. The van der Waals surface area contributed by atoms with E-state index in [0.717, 1.165) is 44.6 Å². The summed E-state index contributed by atoms with van der Waals surface area (Å²) in [4.78, 5) is 16.2. The third-order valence-electron chi connectivity index (χ3n) is 4.87. The van der Waals surface area contributed by atoms with E-state index in [0.29, 0.717) is 12.3 Å². The number of likely N-dealkylation sites (tertiary alicyclic amines) is 1. The van der Waals surface area contributed by atoms with Crippen molar-refractivity contribution in [3.63, 3.8) is 0 Å². The number of nitrogens with one attached hydrogen (secondary N) is 1. The van der Waals surface area contributed by atoms with Gasteiger partial charge in [0.05, 0.1) is 6.04 Å². The molecule has 1 amide bonds. The first-order chi connectivity index (χ1) is 12.2. The average Bonchev–Trinajstić information content (AvgIpc) is 3.14. The molecule has 2 heterocycles. The molecule has 1 atom stereocenters. The quantitative estimate of drug-likeness (QED) is 0.801. The van der Waals surface area contributed by atoms with Crippen LogP contribution >= 0.6 is 11.3 Å². The Kier molecular flexibility index (Phi) is 6.62. The second-order valence-electron chi connectivity index (χ2n) is 6.84. The predicted molar refractivity (Wildman–Crippen MR) is 103 cm³/mol. The summed E-state index contributed by atoms with van der Waals surface area (Å²) in [5.41, 5.74) is 7.15. The van der Waals surface area contributed by atoms with Crippen LogP contribution in [0.2, 0.25) is 0 Å². The van der Waals surface area contributed by atoms with Crippen molar-refractivity contribution in [1.82, 2.24) is 10.2 Å². The van der Waals surface area contributed by atoms with Crippen LogP contribution in [0.4, 0.5) is 0 Å². The van der Waals surface area contributed by atoms with Crippen LogP contribution in [0.25, 0.3) is 0 Å². The highest BCUT2D eigenvalue weighted by atomic mass is 32.1. The number of piperidine rings is 1. The van der Waals surface area contributed by atoms with Gasteiger partial charge >= 0.3 is 0 Å². The number of benzene rings is 1. The van der Waals surface area contributed by atoms with Crippen molar-refractivity contribution in [2.45, 2.75) is 31.8 Å². The van der Waals surface area contributed by atoms with Gasteiger partial charge in [-0.25, -0.2) is 0 Å². The lowest BCUT2D eigenvalue weighted by atomic mass is 9.96. The number of nitrogens with zero attached hydrogens (tertiary/aromatic N) is 1. The van der Waals surface area contributed by atoms with Crippen LogP contribution in [-0.2, 0) is 17.8 Å². The number of rotatable bonds is 7. The molecule has 25 heavy (non-hydrogen) atoms. The third kappa shape index (κ3) is 5.66. The lowest BCUT2D eigenvalue weighted by Gasteiger charge is -2.31. The van der Waals surface area contributed by atoms with E-state index in [9.17, 15) is 4.79 Å². The van der Waals surface area contributed by atoms with Gasteiger partial charge in [-0.1, -0.05) is 36.4 Å². The summed E-state index contributed by atoms with van der Waals surface area (Å²) >= 11 is 1.82. The van der Waals surface area contributed by atoms with Crippen LogP contribution in [0.3, 0.4) is 0 Å². The number of nitrogens with two attached hydrogens (primary N) is 1. The Balaban J connectivity index is 1.35. The standard InChI is InChI=1S/C20H27N3OS/c21-19(13-16-5-2-1-3-6-16)20(24)22-14-17-8-10-23(11-9-17)15-18-7-4-12-25-18/h1-7,12,17,19H,8-11,13-15,21H2,(H,22,24).